The lowest BCUT2D eigenvalue weighted by Gasteiger charge is -2.36. The predicted molar refractivity (Wildman–Crippen MR) is 58.9 cm³/mol. The molecule has 1 aliphatic carbocycles. The van der Waals surface area contributed by atoms with E-state index < -0.39 is 11.0 Å². The molecule has 1 aliphatic rings. The van der Waals surface area contributed by atoms with Crippen LogP contribution in [0.5, 0.6) is 0 Å². The van der Waals surface area contributed by atoms with Crippen LogP contribution >= 0.6 is 0 Å². The van der Waals surface area contributed by atoms with E-state index in [2.05, 4.69) is 10.1 Å². The first-order valence-corrected chi connectivity index (χ1v) is 5.65. The van der Waals surface area contributed by atoms with Gasteiger partial charge < -0.3 is 9.84 Å². The largest absolute Gasteiger partial charge is 0.469 e. The van der Waals surface area contributed by atoms with E-state index >= 15 is 0 Å². The molecule has 1 aromatic rings. The minimum Gasteiger partial charge on any atom is -0.469 e. The molecule has 2 atom stereocenters. The maximum absolute atomic E-state index is 11.9. The first-order valence-electron chi connectivity index (χ1n) is 5.65. The van der Waals surface area contributed by atoms with Crippen LogP contribution in [-0.4, -0.2) is 38.6 Å². The van der Waals surface area contributed by atoms with Crippen LogP contribution in [0.15, 0.2) is 12.7 Å². The van der Waals surface area contributed by atoms with Gasteiger partial charge in [0.2, 0.25) is 0 Å². The quantitative estimate of drug-likeness (QED) is 0.771. The Hall–Kier alpha value is -1.43. The number of carbonyl (C=O) groups excluding carboxylic acids is 1. The van der Waals surface area contributed by atoms with Crippen molar-refractivity contribution in [3.05, 3.63) is 12.7 Å². The molecule has 1 fully saturated rings. The van der Waals surface area contributed by atoms with Gasteiger partial charge in [0.15, 0.2) is 0 Å². The molecule has 0 amide bonds. The van der Waals surface area contributed by atoms with Crippen molar-refractivity contribution in [2.45, 2.75) is 38.3 Å². The molecule has 2 rings (SSSR count). The average molecular weight is 239 g/mol. The Morgan fingerprint density at radius 2 is 2.35 bits per heavy atom. The fraction of sp³-hybridized carbons (Fsp3) is 0.727. The molecule has 0 aromatic carbocycles. The van der Waals surface area contributed by atoms with Gasteiger partial charge in [-0.1, -0.05) is 0 Å². The number of rotatable bonds is 3. The van der Waals surface area contributed by atoms with Gasteiger partial charge in [-0.3, -0.25) is 9.48 Å². The van der Waals surface area contributed by atoms with Crippen LogP contribution in [0.4, 0.5) is 0 Å². The number of esters is 1. The third-order valence-corrected chi connectivity index (χ3v) is 3.82. The van der Waals surface area contributed by atoms with Crippen LogP contribution in [0.1, 0.15) is 26.2 Å². The summed E-state index contributed by atoms with van der Waals surface area (Å²) in [5.74, 6) is -0.363. The summed E-state index contributed by atoms with van der Waals surface area (Å²) in [4.78, 5) is 15.7. The Morgan fingerprint density at radius 1 is 1.59 bits per heavy atom. The highest BCUT2D eigenvalue weighted by atomic mass is 16.5. The smallest absolute Gasteiger partial charge is 0.314 e. The van der Waals surface area contributed by atoms with Crippen LogP contribution in [0.3, 0.4) is 0 Å². The summed E-state index contributed by atoms with van der Waals surface area (Å²) < 4.78 is 6.36. The first-order chi connectivity index (χ1) is 8.02. The van der Waals surface area contributed by atoms with Crippen molar-refractivity contribution in [1.82, 2.24) is 14.8 Å². The van der Waals surface area contributed by atoms with Crippen LogP contribution in [0, 0.1) is 5.41 Å². The van der Waals surface area contributed by atoms with Crippen molar-refractivity contribution in [2.24, 2.45) is 5.41 Å². The van der Waals surface area contributed by atoms with E-state index in [0.29, 0.717) is 12.8 Å². The average Bonchev–Trinajstić information content (AvgIpc) is 2.89. The van der Waals surface area contributed by atoms with Crippen molar-refractivity contribution < 1.29 is 14.6 Å². The van der Waals surface area contributed by atoms with E-state index in [1.807, 2.05) is 0 Å². The Kier molecular flexibility index (Phi) is 2.91. The fourth-order valence-corrected chi connectivity index (χ4v) is 2.60. The summed E-state index contributed by atoms with van der Waals surface area (Å²) in [6.45, 7) is 2.02. The molecule has 94 valence electrons. The molecule has 1 heterocycles. The predicted octanol–water partition coefficient (Wildman–Crippen LogP) is 0.372. The number of nitrogens with zero attached hydrogens (tertiary/aromatic N) is 3. The summed E-state index contributed by atoms with van der Waals surface area (Å²) in [5.41, 5.74) is -1.98. The number of carbonyl (C=O) groups is 1. The molecule has 0 bridgehead atoms. The lowest BCUT2D eigenvalue weighted by atomic mass is 9.76. The molecule has 0 saturated heterocycles. The number of ether oxygens (including phenoxy) is 1. The first kappa shape index (κ1) is 12.0. The molecule has 17 heavy (non-hydrogen) atoms. The second kappa shape index (κ2) is 4.10. The minimum atomic E-state index is -1.12. The van der Waals surface area contributed by atoms with Crippen molar-refractivity contribution >= 4 is 5.97 Å². The molecule has 0 spiro atoms. The summed E-state index contributed by atoms with van der Waals surface area (Å²) in [5, 5.41) is 14.7. The minimum absolute atomic E-state index is 0.262. The highest BCUT2D eigenvalue weighted by Gasteiger charge is 2.56. The number of hydrogen-bond donors (Lipinski definition) is 1. The third kappa shape index (κ3) is 1.82. The van der Waals surface area contributed by atoms with Crippen LogP contribution in [-0.2, 0) is 16.1 Å². The number of aromatic nitrogens is 3. The Morgan fingerprint density at radius 3 is 2.94 bits per heavy atom. The van der Waals surface area contributed by atoms with E-state index in [1.165, 1.54) is 19.8 Å². The zero-order chi connectivity index (χ0) is 12.5. The van der Waals surface area contributed by atoms with E-state index in [0.717, 1.165) is 6.42 Å². The summed E-state index contributed by atoms with van der Waals surface area (Å²) >= 11 is 0. The van der Waals surface area contributed by atoms with Gasteiger partial charge in [0, 0.05) is 0 Å². The Bertz CT molecular complexity index is 406. The maximum atomic E-state index is 11.9. The normalized spacial score (nSPS) is 32.6. The van der Waals surface area contributed by atoms with Gasteiger partial charge in [-0.05, 0) is 26.2 Å². The van der Waals surface area contributed by atoms with E-state index in [4.69, 9.17) is 4.74 Å². The number of aliphatic hydroxyl groups is 1. The fourth-order valence-electron chi connectivity index (χ4n) is 2.60. The monoisotopic (exact) mass is 239 g/mol. The molecule has 6 nitrogen and oxygen atoms in total. The topological polar surface area (TPSA) is 77.2 Å². The van der Waals surface area contributed by atoms with Crippen molar-refractivity contribution in [1.29, 1.82) is 0 Å². The van der Waals surface area contributed by atoms with Gasteiger partial charge in [-0.2, -0.15) is 5.10 Å². The lowest BCUT2D eigenvalue weighted by Crippen LogP contribution is -2.50. The standard InChI is InChI=1S/C11H17N3O3/c1-10(9(15)17-2)4-3-5-11(10,16)6-14-8-12-7-13-14/h7-8,16H,3-6H2,1-2H3. The van der Waals surface area contributed by atoms with E-state index in [1.54, 1.807) is 11.6 Å². The lowest BCUT2D eigenvalue weighted by molar-refractivity contribution is -0.168. The van der Waals surface area contributed by atoms with Crippen molar-refractivity contribution in [2.75, 3.05) is 7.11 Å². The third-order valence-electron chi connectivity index (χ3n) is 3.82. The Balaban J connectivity index is 2.25. The highest BCUT2D eigenvalue weighted by Crippen LogP contribution is 2.47. The maximum Gasteiger partial charge on any atom is 0.314 e. The van der Waals surface area contributed by atoms with E-state index in [-0.39, 0.29) is 12.5 Å². The molecule has 2 unspecified atom stereocenters. The second-order valence-corrected chi connectivity index (χ2v) is 4.80. The zero-order valence-electron chi connectivity index (χ0n) is 10.1. The molecule has 0 aliphatic heterocycles. The SMILES string of the molecule is COC(=O)C1(C)CCCC1(O)Cn1cncn1. The van der Waals surface area contributed by atoms with Gasteiger partial charge in [-0.15, -0.1) is 0 Å². The molecular weight excluding hydrogens is 222 g/mol. The van der Waals surface area contributed by atoms with Gasteiger partial charge >= 0.3 is 5.97 Å². The van der Waals surface area contributed by atoms with Crippen LogP contribution in [0.2, 0.25) is 0 Å². The van der Waals surface area contributed by atoms with Crippen molar-refractivity contribution in [3.8, 4) is 0 Å². The van der Waals surface area contributed by atoms with Crippen LogP contribution in [0.25, 0.3) is 0 Å². The van der Waals surface area contributed by atoms with Gasteiger partial charge in [0.05, 0.1) is 19.1 Å². The van der Waals surface area contributed by atoms with Crippen molar-refractivity contribution in [3.63, 3.8) is 0 Å². The number of hydrogen-bond acceptors (Lipinski definition) is 5. The molecule has 1 aromatic heterocycles. The summed E-state index contributed by atoms with van der Waals surface area (Å²) in [7, 11) is 1.35. The Labute approximate surface area is 99.6 Å². The summed E-state index contributed by atoms with van der Waals surface area (Å²) in [6.07, 6.45) is 4.95. The molecule has 1 saturated carbocycles. The van der Waals surface area contributed by atoms with Gasteiger partial charge in [-0.25, -0.2) is 4.98 Å². The molecule has 6 heteroatoms. The molecule has 0 radical (unpaired) electrons. The second-order valence-electron chi connectivity index (χ2n) is 4.80. The van der Waals surface area contributed by atoms with Gasteiger partial charge in [0.25, 0.3) is 0 Å². The van der Waals surface area contributed by atoms with E-state index in [9.17, 15) is 9.90 Å². The zero-order valence-corrected chi connectivity index (χ0v) is 10.1. The molecule has 1 N–H and O–H groups in total. The molecular formula is C11H17N3O3. The highest BCUT2D eigenvalue weighted by molar-refractivity contribution is 5.78. The van der Waals surface area contributed by atoms with Crippen LogP contribution < -0.4 is 0 Å². The number of methoxy groups -OCH3 is 1. The summed E-state index contributed by atoms with van der Waals surface area (Å²) in [6, 6.07) is 0. The van der Waals surface area contributed by atoms with Gasteiger partial charge in [0.1, 0.15) is 18.3 Å².